The molecule has 0 saturated heterocycles. The van der Waals surface area contributed by atoms with Gasteiger partial charge in [-0.15, -0.1) is 0 Å². The number of rotatable bonds is 15. The van der Waals surface area contributed by atoms with Gasteiger partial charge >= 0.3 is 5.97 Å². The number of ether oxygens (including phenoxy) is 1. The Morgan fingerprint density at radius 3 is 1.34 bits per heavy atom. The van der Waals surface area contributed by atoms with Crippen molar-refractivity contribution in [3.05, 3.63) is 69.9 Å². The predicted octanol–water partition coefficient (Wildman–Crippen LogP) is 9.37. The van der Waals surface area contributed by atoms with Crippen LogP contribution in [0.5, 0.6) is 0 Å². The van der Waals surface area contributed by atoms with Crippen LogP contribution in [0.25, 0.3) is 0 Å². The van der Waals surface area contributed by atoms with Gasteiger partial charge in [0.25, 0.3) is 0 Å². The van der Waals surface area contributed by atoms with Crippen LogP contribution in [0.1, 0.15) is 107 Å². The summed E-state index contributed by atoms with van der Waals surface area (Å²) < 4.78 is 5.35. The van der Waals surface area contributed by atoms with E-state index in [4.69, 9.17) is 4.74 Å². The van der Waals surface area contributed by atoms with E-state index >= 15 is 0 Å². The average molecular weight is 441 g/mol. The maximum atomic E-state index is 12.0. The molecule has 0 aliphatic rings. The van der Waals surface area contributed by atoms with E-state index in [0.717, 1.165) is 56.9 Å². The van der Waals surface area contributed by atoms with Gasteiger partial charge < -0.3 is 4.74 Å². The lowest BCUT2D eigenvalue weighted by Crippen LogP contribution is -2.02. The molecule has 0 atom stereocenters. The Kier molecular flexibility index (Phi) is 17.3. The van der Waals surface area contributed by atoms with Gasteiger partial charge in [-0.25, -0.2) is 4.79 Å². The normalized spacial score (nSPS) is 13.1. The minimum absolute atomic E-state index is 0.245. The molecular weight excluding hydrogens is 392 g/mol. The molecule has 180 valence electrons. The lowest BCUT2D eigenvalue weighted by atomic mass is 10.1. The summed E-state index contributed by atoms with van der Waals surface area (Å²) in [5.41, 5.74) is 7.95. The number of hydrogen-bond donors (Lipinski definition) is 0. The molecule has 0 aromatic carbocycles. The first-order valence-corrected chi connectivity index (χ1v) is 12.2. The van der Waals surface area contributed by atoms with Crippen molar-refractivity contribution < 1.29 is 9.53 Å². The Labute approximate surface area is 198 Å². The van der Waals surface area contributed by atoms with Crippen molar-refractivity contribution in [3.8, 4) is 0 Å². The number of allylic oxidation sites excluding steroid dienone is 10. The summed E-state index contributed by atoms with van der Waals surface area (Å²) in [6, 6.07) is 0. The molecular formula is C30H48O2. The van der Waals surface area contributed by atoms with Crippen LogP contribution in [-0.2, 0) is 9.53 Å². The first-order chi connectivity index (χ1) is 15.1. The fraction of sp³-hybridized carbons (Fsp3) is 0.567. The fourth-order valence-electron chi connectivity index (χ4n) is 3.16. The zero-order valence-electron chi connectivity index (χ0n) is 22.1. The number of carbonyl (C=O) groups excluding carboxylic acids is 1. The summed E-state index contributed by atoms with van der Waals surface area (Å²) in [4.78, 5) is 12.0. The highest BCUT2D eigenvalue weighted by Crippen LogP contribution is 2.13. The molecule has 0 aromatic heterocycles. The lowest BCUT2D eigenvalue weighted by molar-refractivity contribution is -0.136. The molecule has 0 spiro atoms. The summed E-state index contributed by atoms with van der Waals surface area (Å²) >= 11 is 0. The van der Waals surface area contributed by atoms with Gasteiger partial charge in [-0.1, -0.05) is 57.7 Å². The number of carbonyl (C=O) groups is 1. The van der Waals surface area contributed by atoms with Crippen molar-refractivity contribution in [3.63, 3.8) is 0 Å². The molecule has 2 heteroatoms. The highest BCUT2D eigenvalue weighted by Gasteiger charge is 1.99. The van der Waals surface area contributed by atoms with Crippen LogP contribution in [0.3, 0.4) is 0 Å². The molecule has 0 aromatic rings. The molecule has 0 aliphatic carbocycles. The molecule has 0 aliphatic heterocycles. The van der Waals surface area contributed by atoms with Crippen LogP contribution in [0, 0.1) is 0 Å². The Bertz CT molecular complexity index is 731. The average Bonchev–Trinajstić information content (AvgIpc) is 2.67. The van der Waals surface area contributed by atoms with Crippen molar-refractivity contribution in [2.45, 2.75) is 107 Å². The molecule has 2 nitrogen and oxygen atoms in total. The summed E-state index contributed by atoms with van der Waals surface area (Å²) in [5, 5.41) is 0. The second kappa shape index (κ2) is 18.5. The Morgan fingerprint density at radius 1 is 0.531 bits per heavy atom. The van der Waals surface area contributed by atoms with Gasteiger partial charge in [-0.3, -0.25) is 0 Å². The van der Waals surface area contributed by atoms with E-state index in [1.54, 1.807) is 6.08 Å². The Hall–Kier alpha value is -2.09. The molecule has 0 N–H and O–H groups in total. The zero-order chi connectivity index (χ0) is 24.4. The third-order valence-electron chi connectivity index (χ3n) is 5.27. The van der Waals surface area contributed by atoms with E-state index in [2.05, 4.69) is 72.8 Å². The van der Waals surface area contributed by atoms with E-state index in [0.29, 0.717) is 6.61 Å². The van der Waals surface area contributed by atoms with Crippen LogP contribution in [-0.4, -0.2) is 12.6 Å². The van der Waals surface area contributed by atoms with Gasteiger partial charge in [0, 0.05) is 6.08 Å². The quantitative estimate of drug-likeness (QED) is 0.144. The number of esters is 1. The highest BCUT2D eigenvalue weighted by atomic mass is 16.5. The molecule has 0 radical (unpaired) electrons. The first kappa shape index (κ1) is 29.9. The third kappa shape index (κ3) is 19.8. The largest absolute Gasteiger partial charge is 0.458 e. The van der Waals surface area contributed by atoms with Crippen LogP contribution in [0.2, 0.25) is 0 Å². The molecule has 0 unspecified atom stereocenters. The SMILES string of the molecule is CC(C)=CCC/C(C)=C/CC/C(C)=C/COC(=O)/C=C(\C)CC/C=C(\C)CCC=C(C)C. The van der Waals surface area contributed by atoms with Crippen LogP contribution in [0.4, 0.5) is 0 Å². The van der Waals surface area contributed by atoms with Gasteiger partial charge in [0.1, 0.15) is 6.61 Å². The summed E-state index contributed by atoms with van der Waals surface area (Å²) in [6.07, 6.45) is 21.2. The molecule has 32 heavy (non-hydrogen) atoms. The zero-order valence-corrected chi connectivity index (χ0v) is 22.1. The van der Waals surface area contributed by atoms with Crippen LogP contribution in [0.15, 0.2) is 69.9 Å². The molecule has 0 rings (SSSR count). The molecule has 0 fully saturated rings. The van der Waals surface area contributed by atoms with Crippen molar-refractivity contribution >= 4 is 5.97 Å². The van der Waals surface area contributed by atoms with Crippen LogP contribution >= 0.6 is 0 Å². The minimum Gasteiger partial charge on any atom is -0.458 e. The topological polar surface area (TPSA) is 26.3 Å². The number of hydrogen-bond acceptors (Lipinski definition) is 2. The van der Waals surface area contributed by atoms with Crippen molar-refractivity contribution in [2.24, 2.45) is 0 Å². The van der Waals surface area contributed by atoms with Gasteiger partial charge in [0.05, 0.1) is 0 Å². The van der Waals surface area contributed by atoms with Crippen molar-refractivity contribution in [1.29, 1.82) is 0 Å². The van der Waals surface area contributed by atoms with Gasteiger partial charge in [0.15, 0.2) is 0 Å². The van der Waals surface area contributed by atoms with Crippen molar-refractivity contribution in [2.75, 3.05) is 6.61 Å². The second-order valence-corrected chi connectivity index (χ2v) is 9.49. The van der Waals surface area contributed by atoms with Gasteiger partial charge in [0.2, 0.25) is 0 Å². The van der Waals surface area contributed by atoms with Gasteiger partial charge in [-0.2, -0.15) is 0 Å². The summed E-state index contributed by atoms with van der Waals surface area (Å²) in [5.74, 6) is -0.245. The highest BCUT2D eigenvalue weighted by molar-refractivity contribution is 5.82. The molecule has 0 heterocycles. The summed E-state index contributed by atoms with van der Waals surface area (Å²) in [6.45, 7) is 17.4. The first-order valence-electron chi connectivity index (χ1n) is 12.2. The molecule has 0 saturated carbocycles. The second-order valence-electron chi connectivity index (χ2n) is 9.49. The van der Waals surface area contributed by atoms with E-state index < -0.39 is 0 Å². The van der Waals surface area contributed by atoms with E-state index in [9.17, 15) is 4.79 Å². The third-order valence-corrected chi connectivity index (χ3v) is 5.27. The standard InChI is InChI=1S/C30H48O2/c1-24(2)13-9-15-26(5)17-11-19-28(7)21-22-32-30(31)23-29(8)20-12-18-27(6)16-10-14-25(3)4/h13-14,17-18,21,23H,9-12,15-16,19-20,22H2,1-8H3/b26-17+,27-18+,28-21+,29-23+. The summed E-state index contributed by atoms with van der Waals surface area (Å²) in [7, 11) is 0. The smallest absolute Gasteiger partial charge is 0.331 e. The predicted molar refractivity (Wildman–Crippen MR) is 142 cm³/mol. The van der Waals surface area contributed by atoms with Crippen LogP contribution < -0.4 is 0 Å². The monoisotopic (exact) mass is 440 g/mol. The molecule has 0 amide bonds. The van der Waals surface area contributed by atoms with E-state index in [1.165, 1.54) is 27.9 Å². The Morgan fingerprint density at radius 2 is 0.906 bits per heavy atom. The Balaban J connectivity index is 4.19. The maximum Gasteiger partial charge on any atom is 0.331 e. The maximum absolute atomic E-state index is 12.0. The molecule has 0 bridgehead atoms. The van der Waals surface area contributed by atoms with Gasteiger partial charge in [-0.05, 0) is 113 Å². The van der Waals surface area contributed by atoms with E-state index in [-0.39, 0.29) is 5.97 Å². The fourth-order valence-corrected chi connectivity index (χ4v) is 3.16. The van der Waals surface area contributed by atoms with E-state index in [1.807, 2.05) is 13.0 Å². The lowest BCUT2D eigenvalue weighted by Gasteiger charge is -2.03. The minimum atomic E-state index is -0.245. The van der Waals surface area contributed by atoms with Crippen molar-refractivity contribution in [1.82, 2.24) is 0 Å².